The molecule has 0 bridgehead atoms. The third-order valence-corrected chi connectivity index (χ3v) is 3.57. The van der Waals surface area contributed by atoms with Crippen molar-refractivity contribution in [2.75, 3.05) is 14.2 Å². The summed E-state index contributed by atoms with van der Waals surface area (Å²) in [6, 6.07) is 4.95. The van der Waals surface area contributed by atoms with Gasteiger partial charge in [0.05, 0.1) is 18.8 Å². The zero-order chi connectivity index (χ0) is 17.5. The lowest BCUT2D eigenvalue weighted by molar-refractivity contribution is 0.181. The monoisotopic (exact) mass is 462 g/mol. The van der Waals surface area contributed by atoms with Crippen molar-refractivity contribution in [3.8, 4) is 0 Å². The summed E-state index contributed by atoms with van der Waals surface area (Å²) in [5.41, 5.74) is 2.35. The number of nitrogens with zero attached hydrogens (tertiary/aromatic N) is 2. The lowest BCUT2D eigenvalue weighted by Gasteiger charge is -2.11. The number of benzene rings is 1. The standard InChI is InChI=1S/C17H23FN4O2.HI/c1-11-12(2)24-16(22-11)9-21-17(19-3)20-8-13-5-6-15(18)14(7-13)10-23-4;/h5-7H,8-10H2,1-4H3,(H2,19,20,21);1H. The summed E-state index contributed by atoms with van der Waals surface area (Å²) in [6.07, 6.45) is 0. The van der Waals surface area contributed by atoms with E-state index in [9.17, 15) is 4.39 Å². The molecule has 0 radical (unpaired) electrons. The molecule has 2 rings (SSSR count). The molecule has 138 valence electrons. The summed E-state index contributed by atoms with van der Waals surface area (Å²) in [5.74, 6) is 1.77. The molecule has 1 aromatic carbocycles. The number of aliphatic imine (C=N–C) groups is 1. The average molecular weight is 462 g/mol. The predicted octanol–water partition coefficient (Wildman–Crippen LogP) is 3.06. The Bertz CT molecular complexity index is 699. The van der Waals surface area contributed by atoms with Crippen molar-refractivity contribution < 1.29 is 13.5 Å². The molecule has 1 aromatic heterocycles. The Morgan fingerprint density at radius 3 is 2.60 bits per heavy atom. The van der Waals surface area contributed by atoms with Crippen molar-refractivity contribution in [1.29, 1.82) is 0 Å². The number of guanidine groups is 1. The molecule has 0 saturated carbocycles. The van der Waals surface area contributed by atoms with Crippen molar-refractivity contribution in [2.24, 2.45) is 4.99 Å². The normalized spacial score (nSPS) is 11.2. The van der Waals surface area contributed by atoms with E-state index in [1.54, 1.807) is 26.3 Å². The third kappa shape index (κ3) is 6.28. The van der Waals surface area contributed by atoms with E-state index in [0.717, 1.165) is 17.0 Å². The van der Waals surface area contributed by atoms with Gasteiger partial charge in [0.2, 0.25) is 5.89 Å². The average Bonchev–Trinajstić information content (AvgIpc) is 2.89. The summed E-state index contributed by atoms with van der Waals surface area (Å²) >= 11 is 0. The van der Waals surface area contributed by atoms with Crippen LogP contribution in [0.4, 0.5) is 4.39 Å². The Morgan fingerprint density at radius 1 is 1.28 bits per heavy atom. The van der Waals surface area contributed by atoms with Crippen molar-refractivity contribution in [1.82, 2.24) is 15.6 Å². The minimum absolute atomic E-state index is 0. The van der Waals surface area contributed by atoms with Crippen LogP contribution in [-0.2, 0) is 24.4 Å². The zero-order valence-corrected chi connectivity index (χ0v) is 17.2. The van der Waals surface area contributed by atoms with Gasteiger partial charge in [-0.2, -0.15) is 0 Å². The minimum atomic E-state index is -0.266. The molecule has 1 heterocycles. The summed E-state index contributed by atoms with van der Waals surface area (Å²) < 4.78 is 24.1. The molecule has 0 unspecified atom stereocenters. The highest BCUT2D eigenvalue weighted by Crippen LogP contribution is 2.12. The largest absolute Gasteiger partial charge is 0.444 e. The highest BCUT2D eigenvalue weighted by Gasteiger charge is 2.07. The van der Waals surface area contributed by atoms with E-state index in [0.29, 0.717) is 30.5 Å². The van der Waals surface area contributed by atoms with E-state index in [2.05, 4.69) is 20.6 Å². The number of ether oxygens (including phenoxy) is 1. The fourth-order valence-electron chi connectivity index (χ4n) is 2.18. The molecule has 0 atom stereocenters. The van der Waals surface area contributed by atoms with Crippen LogP contribution in [0.3, 0.4) is 0 Å². The highest BCUT2D eigenvalue weighted by atomic mass is 127. The van der Waals surface area contributed by atoms with E-state index < -0.39 is 0 Å². The molecule has 0 aliphatic carbocycles. The second kappa shape index (κ2) is 10.3. The van der Waals surface area contributed by atoms with Gasteiger partial charge >= 0.3 is 0 Å². The van der Waals surface area contributed by atoms with Gasteiger partial charge in [-0.05, 0) is 31.5 Å². The van der Waals surface area contributed by atoms with Crippen molar-refractivity contribution in [3.05, 3.63) is 52.5 Å². The highest BCUT2D eigenvalue weighted by molar-refractivity contribution is 14.0. The fourth-order valence-corrected chi connectivity index (χ4v) is 2.18. The maximum atomic E-state index is 13.6. The molecule has 0 spiro atoms. The number of aryl methyl sites for hydroxylation is 2. The van der Waals surface area contributed by atoms with Gasteiger partial charge in [0.25, 0.3) is 0 Å². The first-order valence-electron chi connectivity index (χ1n) is 7.67. The molecule has 8 heteroatoms. The fraction of sp³-hybridized carbons (Fsp3) is 0.412. The smallest absolute Gasteiger partial charge is 0.214 e. The predicted molar refractivity (Wildman–Crippen MR) is 106 cm³/mol. The lowest BCUT2D eigenvalue weighted by atomic mass is 10.1. The lowest BCUT2D eigenvalue weighted by Crippen LogP contribution is -2.36. The summed E-state index contributed by atoms with van der Waals surface area (Å²) in [5, 5.41) is 6.30. The maximum absolute atomic E-state index is 13.6. The maximum Gasteiger partial charge on any atom is 0.214 e. The van der Waals surface area contributed by atoms with Crippen molar-refractivity contribution in [2.45, 2.75) is 33.5 Å². The summed E-state index contributed by atoms with van der Waals surface area (Å²) in [4.78, 5) is 8.46. The zero-order valence-electron chi connectivity index (χ0n) is 14.9. The number of methoxy groups -OCH3 is 1. The summed E-state index contributed by atoms with van der Waals surface area (Å²) in [6.45, 7) is 4.98. The molecule has 6 nitrogen and oxygen atoms in total. The molecule has 0 aliphatic rings. The van der Waals surface area contributed by atoms with Gasteiger partial charge in [-0.15, -0.1) is 24.0 Å². The topological polar surface area (TPSA) is 71.7 Å². The van der Waals surface area contributed by atoms with Crippen LogP contribution in [0.25, 0.3) is 0 Å². The van der Waals surface area contributed by atoms with Gasteiger partial charge in [0.1, 0.15) is 11.6 Å². The Balaban J connectivity index is 0.00000312. The van der Waals surface area contributed by atoms with Crippen molar-refractivity contribution in [3.63, 3.8) is 0 Å². The van der Waals surface area contributed by atoms with Crippen LogP contribution in [0.15, 0.2) is 27.6 Å². The molecule has 25 heavy (non-hydrogen) atoms. The number of nitrogens with one attached hydrogen (secondary N) is 2. The van der Waals surface area contributed by atoms with Crippen LogP contribution < -0.4 is 10.6 Å². The molecule has 0 aliphatic heterocycles. The molecule has 2 aromatic rings. The van der Waals surface area contributed by atoms with Gasteiger partial charge in [0, 0.05) is 26.3 Å². The first kappa shape index (κ1) is 21.4. The Hall–Kier alpha value is -1.68. The van der Waals surface area contributed by atoms with E-state index in [1.807, 2.05) is 13.8 Å². The molecule has 0 saturated heterocycles. The number of oxazole rings is 1. The number of aromatic nitrogens is 1. The van der Waals surface area contributed by atoms with Crippen LogP contribution in [-0.4, -0.2) is 25.1 Å². The van der Waals surface area contributed by atoms with E-state index >= 15 is 0 Å². The van der Waals surface area contributed by atoms with Crippen LogP contribution in [0, 0.1) is 19.7 Å². The van der Waals surface area contributed by atoms with Gasteiger partial charge in [-0.1, -0.05) is 6.07 Å². The number of hydrogen-bond donors (Lipinski definition) is 2. The number of halogens is 2. The van der Waals surface area contributed by atoms with E-state index in [-0.39, 0.29) is 36.4 Å². The van der Waals surface area contributed by atoms with Gasteiger partial charge in [-0.3, -0.25) is 4.99 Å². The van der Waals surface area contributed by atoms with Gasteiger partial charge in [-0.25, -0.2) is 9.37 Å². The second-order valence-electron chi connectivity index (χ2n) is 5.39. The first-order chi connectivity index (χ1) is 11.5. The van der Waals surface area contributed by atoms with Gasteiger partial charge in [0.15, 0.2) is 5.96 Å². The Kier molecular flexibility index (Phi) is 8.84. The second-order valence-corrected chi connectivity index (χ2v) is 5.39. The van der Waals surface area contributed by atoms with Crippen LogP contribution >= 0.6 is 24.0 Å². The SMILES string of the molecule is CN=C(NCc1ccc(F)c(COC)c1)NCc1nc(C)c(C)o1.I. The first-order valence-corrected chi connectivity index (χ1v) is 7.67. The Morgan fingerprint density at radius 2 is 2.00 bits per heavy atom. The molecular weight excluding hydrogens is 438 g/mol. The minimum Gasteiger partial charge on any atom is -0.444 e. The number of hydrogen-bond acceptors (Lipinski definition) is 4. The van der Waals surface area contributed by atoms with Crippen LogP contribution in [0.2, 0.25) is 0 Å². The van der Waals surface area contributed by atoms with Gasteiger partial charge < -0.3 is 19.8 Å². The quantitative estimate of drug-likeness (QED) is 0.393. The molecular formula is C17H24FIN4O2. The third-order valence-electron chi connectivity index (χ3n) is 3.57. The molecule has 0 fully saturated rings. The molecule has 0 amide bonds. The van der Waals surface area contributed by atoms with E-state index in [1.165, 1.54) is 6.07 Å². The Labute approximate surface area is 164 Å². The number of rotatable bonds is 6. The van der Waals surface area contributed by atoms with E-state index in [4.69, 9.17) is 9.15 Å². The van der Waals surface area contributed by atoms with Crippen LogP contribution in [0.1, 0.15) is 28.5 Å². The molecule has 2 N–H and O–H groups in total. The van der Waals surface area contributed by atoms with Crippen molar-refractivity contribution >= 4 is 29.9 Å². The van der Waals surface area contributed by atoms with Crippen LogP contribution in [0.5, 0.6) is 0 Å². The summed E-state index contributed by atoms with van der Waals surface area (Å²) in [7, 11) is 3.23.